The molecule has 1 aliphatic carbocycles. The van der Waals surface area contributed by atoms with Crippen molar-refractivity contribution in [3.05, 3.63) is 53.9 Å². The Balaban J connectivity index is 0.00000304. The summed E-state index contributed by atoms with van der Waals surface area (Å²) in [6.45, 7) is 5.20. The number of anilines is 2. The first kappa shape index (κ1) is 26.0. The van der Waals surface area contributed by atoms with E-state index in [0.29, 0.717) is 23.2 Å². The van der Waals surface area contributed by atoms with Crippen molar-refractivity contribution in [2.75, 3.05) is 38.5 Å². The molecule has 8 nitrogen and oxygen atoms in total. The lowest BCUT2D eigenvalue weighted by atomic mass is 9.95. The molecule has 2 aliphatic rings. The SMILES string of the molecule is Cc1ncc(-c2nc(Nc3ccc(C(=O)N4CCN(C)CC4)cc3)ncc2F)n1C1CCCCC1.Cl. The Labute approximate surface area is 217 Å². The van der Waals surface area contributed by atoms with Gasteiger partial charge in [0.1, 0.15) is 11.5 Å². The number of halogens is 2. The summed E-state index contributed by atoms with van der Waals surface area (Å²) in [5.41, 5.74) is 2.31. The van der Waals surface area contributed by atoms with Gasteiger partial charge in [-0.1, -0.05) is 19.3 Å². The van der Waals surface area contributed by atoms with E-state index in [-0.39, 0.29) is 24.0 Å². The van der Waals surface area contributed by atoms with Crippen molar-refractivity contribution >= 4 is 29.9 Å². The number of benzene rings is 1. The fourth-order valence-electron chi connectivity index (χ4n) is 5.05. The van der Waals surface area contributed by atoms with E-state index in [0.717, 1.165) is 50.5 Å². The minimum atomic E-state index is -0.472. The van der Waals surface area contributed by atoms with Gasteiger partial charge in [0.2, 0.25) is 5.95 Å². The molecule has 0 radical (unpaired) electrons. The Morgan fingerprint density at radius 3 is 2.39 bits per heavy atom. The molecule has 0 bridgehead atoms. The second kappa shape index (κ2) is 11.3. The molecule has 1 N–H and O–H groups in total. The van der Waals surface area contributed by atoms with E-state index in [2.05, 4.69) is 36.8 Å². The first-order valence-electron chi connectivity index (χ1n) is 12.4. The number of aromatic nitrogens is 4. The van der Waals surface area contributed by atoms with Crippen LogP contribution in [0.5, 0.6) is 0 Å². The number of carbonyl (C=O) groups excluding carboxylic acids is 1. The van der Waals surface area contributed by atoms with Crippen LogP contribution in [0, 0.1) is 12.7 Å². The van der Waals surface area contributed by atoms with Gasteiger partial charge in [-0.25, -0.2) is 19.3 Å². The average Bonchev–Trinajstić information content (AvgIpc) is 3.27. The first-order chi connectivity index (χ1) is 17.0. The third-order valence-electron chi connectivity index (χ3n) is 7.09. The van der Waals surface area contributed by atoms with Gasteiger partial charge in [-0.2, -0.15) is 0 Å². The number of hydrogen-bond donors (Lipinski definition) is 1. The van der Waals surface area contributed by atoms with Crippen LogP contribution < -0.4 is 5.32 Å². The monoisotopic (exact) mass is 513 g/mol. The van der Waals surface area contributed by atoms with Gasteiger partial charge in [-0.15, -0.1) is 12.4 Å². The normalized spacial score (nSPS) is 17.0. The molecule has 2 aromatic heterocycles. The van der Waals surface area contributed by atoms with Crippen LogP contribution in [0.4, 0.5) is 16.0 Å². The van der Waals surface area contributed by atoms with Crippen molar-refractivity contribution in [1.82, 2.24) is 29.3 Å². The van der Waals surface area contributed by atoms with E-state index in [4.69, 9.17) is 0 Å². The van der Waals surface area contributed by atoms with Crippen molar-refractivity contribution in [1.29, 1.82) is 0 Å². The summed E-state index contributed by atoms with van der Waals surface area (Å²) in [6.07, 6.45) is 8.64. The zero-order valence-electron chi connectivity index (χ0n) is 20.8. The van der Waals surface area contributed by atoms with Crippen LogP contribution in [-0.4, -0.2) is 68.5 Å². The molecule has 3 aromatic rings. The van der Waals surface area contributed by atoms with Crippen LogP contribution >= 0.6 is 12.4 Å². The third kappa shape index (κ3) is 5.52. The van der Waals surface area contributed by atoms with Gasteiger partial charge in [0.05, 0.1) is 18.1 Å². The van der Waals surface area contributed by atoms with Crippen LogP contribution in [-0.2, 0) is 0 Å². The number of nitrogens with one attached hydrogen (secondary N) is 1. The lowest BCUT2D eigenvalue weighted by Gasteiger charge is -2.32. The Kier molecular flexibility index (Phi) is 8.21. The van der Waals surface area contributed by atoms with E-state index in [1.807, 2.05) is 24.0 Å². The van der Waals surface area contributed by atoms with Gasteiger partial charge in [0.25, 0.3) is 5.91 Å². The van der Waals surface area contributed by atoms with Gasteiger partial charge < -0.3 is 19.7 Å². The maximum Gasteiger partial charge on any atom is 0.253 e. The summed E-state index contributed by atoms with van der Waals surface area (Å²) in [5, 5.41) is 3.15. The summed E-state index contributed by atoms with van der Waals surface area (Å²) in [7, 11) is 2.07. The predicted molar refractivity (Wildman–Crippen MR) is 140 cm³/mol. The highest BCUT2D eigenvalue weighted by Gasteiger charge is 2.24. The molecule has 0 atom stereocenters. The van der Waals surface area contributed by atoms with Crippen molar-refractivity contribution < 1.29 is 9.18 Å². The molecule has 2 fully saturated rings. The molecule has 1 aliphatic heterocycles. The number of hydrogen-bond acceptors (Lipinski definition) is 6. The summed E-state index contributed by atoms with van der Waals surface area (Å²) >= 11 is 0. The summed E-state index contributed by atoms with van der Waals surface area (Å²) in [5.74, 6) is 0.741. The molecular formula is C26H33ClFN7O. The van der Waals surface area contributed by atoms with E-state index in [1.54, 1.807) is 18.3 Å². The molecule has 5 rings (SSSR count). The predicted octanol–water partition coefficient (Wildman–Crippen LogP) is 4.85. The van der Waals surface area contributed by atoms with Crippen molar-refractivity contribution in [3.63, 3.8) is 0 Å². The molecule has 1 aromatic carbocycles. The topological polar surface area (TPSA) is 79.2 Å². The standard InChI is InChI=1S/C26H32FN7O.ClH/c1-18-28-17-23(34(18)21-6-4-3-5-7-21)24-22(27)16-29-26(31-24)30-20-10-8-19(9-11-20)25(35)33-14-12-32(2)13-15-33;/h8-11,16-17,21H,3-7,12-15H2,1-2H3,(H,29,30,31);1H. The van der Waals surface area contributed by atoms with Crippen molar-refractivity contribution in [3.8, 4) is 11.4 Å². The van der Waals surface area contributed by atoms with Crippen molar-refractivity contribution in [2.24, 2.45) is 0 Å². The van der Waals surface area contributed by atoms with E-state index in [9.17, 15) is 9.18 Å². The smallest absolute Gasteiger partial charge is 0.253 e. The maximum absolute atomic E-state index is 14.9. The first-order valence-corrected chi connectivity index (χ1v) is 12.4. The minimum Gasteiger partial charge on any atom is -0.336 e. The molecule has 10 heteroatoms. The number of amides is 1. The van der Waals surface area contributed by atoms with E-state index < -0.39 is 5.82 Å². The number of nitrogens with zero attached hydrogens (tertiary/aromatic N) is 6. The highest BCUT2D eigenvalue weighted by Crippen LogP contribution is 2.34. The number of likely N-dealkylation sites (N-methyl/N-ethyl adjacent to an activating group) is 1. The summed E-state index contributed by atoms with van der Waals surface area (Å²) in [6, 6.07) is 7.57. The zero-order chi connectivity index (χ0) is 24.4. The molecular weight excluding hydrogens is 481 g/mol. The van der Waals surface area contributed by atoms with Gasteiger partial charge in [0, 0.05) is 43.5 Å². The maximum atomic E-state index is 14.9. The molecule has 1 saturated heterocycles. The molecule has 0 spiro atoms. The Morgan fingerprint density at radius 1 is 1.00 bits per heavy atom. The Bertz CT molecular complexity index is 1190. The minimum absolute atomic E-state index is 0. The van der Waals surface area contributed by atoms with Gasteiger partial charge in [0.15, 0.2) is 5.82 Å². The quantitative estimate of drug-likeness (QED) is 0.525. The largest absolute Gasteiger partial charge is 0.336 e. The highest BCUT2D eigenvalue weighted by atomic mass is 35.5. The number of imidazole rings is 1. The number of piperazine rings is 1. The van der Waals surface area contributed by atoms with Crippen LogP contribution in [0.2, 0.25) is 0 Å². The third-order valence-corrected chi connectivity index (χ3v) is 7.09. The second-order valence-electron chi connectivity index (χ2n) is 9.54. The van der Waals surface area contributed by atoms with Gasteiger partial charge in [-0.3, -0.25) is 4.79 Å². The number of rotatable bonds is 5. The summed E-state index contributed by atoms with van der Waals surface area (Å²) in [4.78, 5) is 30.0. The fourth-order valence-corrected chi connectivity index (χ4v) is 5.05. The Morgan fingerprint density at radius 2 is 1.69 bits per heavy atom. The molecule has 36 heavy (non-hydrogen) atoms. The van der Waals surface area contributed by atoms with E-state index in [1.165, 1.54) is 25.5 Å². The van der Waals surface area contributed by atoms with Crippen LogP contribution in [0.15, 0.2) is 36.7 Å². The van der Waals surface area contributed by atoms with Crippen LogP contribution in [0.3, 0.4) is 0 Å². The molecule has 1 saturated carbocycles. The van der Waals surface area contributed by atoms with Gasteiger partial charge >= 0.3 is 0 Å². The Hall–Kier alpha value is -3.04. The summed E-state index contributed by atoms with van der Waals surface area (Å²) < 4.78 is 17.0. The average molecular weight is 514 g/mol. The zero-order valence-corrected chi connectivity index (χ0v) is 21.6. The number of aryl methyl sites for hydroxylation is 1. The van der Waals surface area contributed by atoms with E-state index >= 15 is 0 Å². The highest BCUT2D eigenvalue weighted by molar-refractivity contribution is 5.94. The number of carbonyl (C=O) groups is 1. The van der Waals surface area contributed by atoms with Crippen molar-refractivity contribution in [2.45, 2.75) is 45.1 Å². The molecule has 1 amide bonds. The fraction of sp³-hybridized carbons (Fsp3) is 0.462. The molecule has 0 unspecified atom stereocenters. The van der Waals surface area contributed by atoms with Crippen LogP contribution in [0.25, 0.3) is 11.4 Å². The molecule has 3 heterocycles. The van der Waals surface area contributed by atoms with Gasteiger partial charge in [-0.05, 0) is 51.1 Å². The lowest BCUT2D eigenvalue weighted by Crippen LogP contribution is -2.47. The second-order valence-corrected chi connectivity index (χ2v) is 9.54. The molecule has 192 valence electrons. The van der Waals surface area contributed by atoms with Crippen LogP contribution in [0.1, 0.15) is 54.3 Å². The lowest BCUT2D eigenvalue weighted by molar-refractivity contribution is 0.0664.